The number of aliphatic carboxylic acids is 1. The molecule has 3 nitrogen and oxygen atoms in total. The van der Waals surface area contributed by atoms with Crippen LogP contribution in [0.1, 0.15) is 26.2 Å². The van der Waals surface area contributed by atoms with E-state index in [0.29, 0.717) is 18.5 Å². The highest BCUT2D eigenvalue weighted by molar-refractivity contribution is 7.98. The molecule has 0 fully saturated rings. The topological polar surface area (TPSA) is 49.3 Å². The molecule has 0 spiro atoms. The van der Waals surface area contributed by atoms with Crippen LogP contribution in [0.15, 0.2) is 11.6 Å². The largest absolute Gasteiger partial charge is 0.478 e. The van der Waals surface area contributed by atoms with Gasteiger partial charge in [-0.05, 0) is 37.8 Å². The number of thioether (sulfide) groups is 1. The predicted octanol–water partition coefficient (Wildman–Crippen LogP) is 2.14. The average molecular weight is 231 g/mol. The number of hydrogen-bond acceptors (Lipinski definition) is 3. The summed E-state index contributed by atoms with van der Waals surface area (Å²) in [5.41, 5.74) is 0.492. The van der Waals surface area contributed by atoms with Crippen LogP contribution in [0.2, 0.25) is 0 Å². The fraction of sp³-hybridized carbons (Fsp3) is 0.727. The summed E-state index contributed by atoms with van der Waals surface area (Å²) in [6, 6.07) is 0. The SMILES string of the molecule is CCC(=CCNCCCCSC)C(=O)O. The number of nitrogens with one attached hydrogen (secondary N) is 1. The quantitative estimate of drug-likeness (QED) is 0.471. The number of carboxylic acid groups (broad SMARTS) is 1. The highest BCUT2D eigenvalue weighted by Gasteiger charge is 2.01. The van der Waals surface area contributed by atoms with Gasteiger partial charge in [-0.15, -0.1) is 0 Å². The molecule has 0 bridgehead atoms. The number of unbranched alkanes of at least 4 members (excludes halogenated alkanes) is 1. The van der Waals surface area contributed by atoms with E-state index in [1.165, 1.54) is 12.2 Å². The lowest BCUT2D eigenvalue weighted by molar-refractivity contribution is -0.132. The Hall–Kier alpha value is -0.480. The average Bonchev–Trinajstić information content (AvgIpc) is 2.21. The van der Waals surface area contributed by atoms with Crippen molar-refractivity contribution in [2.24, 2.45) is 0 Å². The lowest BCUT2D eigenvalue weighted by Gasteiger charge is -2.02. The zero-order chi connectivity index (χ0) is 11.5. The Bertz CT molecular complexity index is 205. The van der Waals surface area contributed by atoms with Gasteiger partial charge in [-0.2, -0.15) is 11.8 Å². The highest BCUT2D eigenvalue weighted by atomic mass is 32.2. The Morgan fingerprint density at radius 2 is 2.20 bits per heavy atom. The normalized spacial score (nSPS) is 11.7. The van der Waals surface area contributed by atoms with Crippen molar-refractivity contribution in [3.05, 3.63) is 11.6 Å². The molecular formula is C11H21NO2S. The van der Waals surface area contributed by atoms with E-state index in [1.54, 1.807) is 6.08 Å². The summed E-state index contributed by atoms with van der Waals surface area (Å²) in [7, 11) is 0. The van der Waals surface area contributed by atoms with Gasteiger partial charge >= 0.3 is 5.97 Å². The van der Waals surface area contributed by atoms with Crippen molar-refractivity contribution in [1.29, 1.82) is 0 Å². The molecule has 0 rings (SSSR count). The summed E-state index contributed by atoms with van der Waals surface area (Å²) in [6.07, 6.45) is 6.83. The van der Waals surface area contributed by atoms with Gasteiger partial charge in [0, 0.05) is 12.1 Å². The third-order valence-corrected chi connectivity index (χ3v) is 2.80. The van der Waals surface area contributed by atoms with Crippen LogP contribution in [0.3, 0.4) is 0 Å². The van der Waals surface area contributed by atoms with Gasteiger partial charge in [-0.3, -0.25) is 0 Å². The molecule has 15 heavy (non-hydrogen) atoms. The molecular weight excluding hydrogens is 210 g/mol. The molecule has 0 saturated heterocycles. The first-order chi connectivity index (χ1) is 7.22. The Morgan fingerprint density at radius 3 is 2.73 bits per heavy atom. The van der Waals surface area contributed by atoms with Crippen molar-refractivity contribution >= 4 is 17.7 Å². The van der Waals surface area contributed by atoms with Crippen LogP contribution in [-0.2, 0) is 4.79 Å². The van der Waals surface area contributed by atoms with Gasteiger partial charge in [0.15, 0.2) is 0 Å². The molecule has 0 amide bonds. The van der Waals surface area contributed by atoms with Crippen LogP contribution in [0.5, 0.6) is 0 Å². The monoisotopic (exact) mass is 231 g/mol. The lowest BCUT2D eigenvalue weighted by atomic mass is 10.2. The standard InChI is InChI=1S/C11H21NO2S/c1-3-10(11(13)14)6-8-12-7-4-5-9-15-2/h6,12H,3-5,7-9H2,1-2H3,(H,13,14). The maximum atomic E-state index is 10.6. The molecule has 0 aromatic carbocycles. The number of hydrogen-bond donors (Lipinski definition) is 2. The molecule has 0 aromatic rings. The molecule has 4 heteroatoms. The van der Waals surface area contributed by atoms with E-state index in [1.807, 2.05) is 18.7 Å². The lowest BCUT2D eigenvalue weighted by Crippen LogP contribution is -2.16. The van der Waals surface area contributed by atoms with E-state index in [0.717, 1.165) is 13.0 Å². The van der Waals surface area contributed by atoms with E-state index in [9.17, 15) is 4.79 Å². The predicted molar refractivity (Wildman–Crippen MR) is 66.5 cm³/mol. The summed E-state index contributed by atoms with van der Waals surface area (Å²) >= 11 is 1.86. The second-order valence-electron chi connectivity index (χ2n) is 3.29. The zero-order valence-corrected chi connectivity index (χ0v) is 10.4. The maximum Gasteiger partial charge on any atom is 0.331 e. The van der Waals surface area contributed by atoms with Gasteiger partial charge in [0.2, 0.25) is 0 Å². The molecule has 2 N–H and O–H groups in total. The molecule has 0 radical (unpaired) electrons. The zero-order valence-electron chi connectivity index (χ0n) is 9.58. The van der Waals surface area contributed by atoms with Crippen molar-refractivity contribution in [2.45, 2.75) is 26.2 Å². The van der Waals surface area contributed by atoms with Crippen molar-refractivity contribution in [1.82, 2.24) is 5.32 Å². The van der Waals surface area contributed by atoms with Crippen LogP contribution < -0.4 is 5.32 Å². The fourth-order valence-corrected chi connectivity index (χ4v) is 1.67. The second kappa shape index (κ2) is 10.1. The fourth-order valence-electron chi connectivity index (χ4n) is 1.18. The molecule has 0 saturated carbocycles. The first-order valence-corrected chi connectivity index (χ1v) is 6.73. The number of carbonyl (C=O) groups is 1. The van der Waals surface area contributed by atoms with Crippen molar-refractivity contribution in [2.75, 3.05) is 25.1 Å². The smallest absolute Gasteiger partial charge is 0.331 e. The highest BCUT2D eigenvalue weighted by Crippen LogP contribution is 2.00. The number of rotatable bonds is 9. The van der Waals surface area contributed by atoms with Crippen molar-refractivity contribution < 1.29 is 9.90 Å². The minimum Gasteiger partial charge on any atom is -0.478 e. The molecule has 88 valence electrons. The third kappa shape index (κ3) is 8.51. The molecule has 0 aliphatic carbocycles. The van der Waals surface area contributed by atoms with Crippen LogP contribution in [0.4, 0.5) is 0 Å². The first-order valence-electron chi connectivity index (χ1n) is 5.34. The summed E-state index contributed by atoms with van der Waals surface area (Å²) in [6.45, 7) is 3.49. The van der Waals surface area contributed by atoms with Gasteiger partial charge < -0.3 is 10.4 Å². The third-order valence-electron chi connectivity index (χ3n) is 2.10. The Labute approximate surface area is 96.3 Å². The second-order valence-corrected chi connectivity index (χ2v) is 4.28. The summed E-state index contributed by atoms with van der Waals surface area (Å²) in [5, 5.41) is 12.0. The van der Waals surface area contributed by atoms with E-state index in [2.05, 4.69) is 11.6 Å². The van der Waals surface area contributed by atoms with Gasteiger partial charge in [-0.25, -0.2) is 4.79 Å². The van der Waals surface area contributed by atoms with Crippen LogP contribution >= 0.6 is 11.8 Å². The van der Waals surface area contributed by atoms with E-state index in [4.69, 9.17) is 5.11 Å². The maximum absolute atomic E-state index is 10.6. The van der Waals surface area contributed by atoms with E-state index < -0.39 is 5.97 Å². The van der Waals surface area contributed by atoms with Crippen LogP contribution in [0.25, 0.3) is 0 Å². The summed E-state index contributed by atoms with van der Waals surface area (Å²) < 4.78 is 0. The van der Waals surface area contributed by atoms with E-state index >= 15 is 0 Å². The molecule has 0 heterocycles. The Kier molecular flexibility index (Phi) is 9.73. The van der Waals surface area contributed by atoms with E-state index in [-0.39, 0.29) is 0 Å². The Morgan fingerprint density at radius 1 is 1.47 bits per heavy atom. The van der Waals surface area contributed by atoms with Crippen molar-refractivity contribution in [3.63, 3.8) is 0 Å². The van der Waals surface area contributed by atoms with Gasteiger partial charge in [0.05, 0.1) is 0 Å². The number of carboxylic acids is 1. The van der Waals surface area contributed by atoms with Crippen LogP contribution in [0, 0.1) is 0 Å². The Balaban J connectivity index is 3.46. The molecule has 0 aliphatic heterocycles. The molecule has 0 unspecified atom stereocenters. The molecule has 0 aromatic heterocycles. The van der Waals surface area contributed by atoms with Gasteiger partial charge in [0.25, 0.3) is 0 Å². The van der Waals surface area contributed by atoms with Gasteiger partial charge in [0.1, 0.15) is 0 Å². The minimum atomic E-state index is -0.804. The van der Waals surface area contributed by atoms with Crippen molar-refractivity contribution in [3.8, 4) is 0 Å². The van der Waals surface area contributed by atoms with Crippen LogP contribution in [-0.4, -0.2) is 36.2 Å². The molecule has 0 aliphatic rings. The molecule has 0 atom stereocenters. The minimum absolute atomic E-state index is 0.492. The summed E-state index contributed by atoms with van der Waals surface area (Å²) in [5.74, 6) is 0.397. The first kappa shape index (κ1) is 14.5. The summed E-state index contributed by atoms with van der Waals surface area (Å²) in [4.78, 5) is 10.6. The van der Waals surface area contributed by atoms with Gasteiger partial charge in [-0.1, -0.05) is 13.0 Å².